The van der Waals surface area contributed by atoms with E-state index in [9.17, 15) is 9.59 Å². The topological polar surface area (TPSA) is 124 Å². The molecule has 1 saturated carbocycles. The molecule has 250 valence electrons. The highest BCUT2D eigenvalue weighted by molar-refractivity contribution is 6.35. The van der Waals surface area contributed by atoms with Crippen LogP contribution in [0.4, 0.5) is 5.95 Å². The van der Waals surface area contributed by atoms with Gasteiger partial charge < -0.3 is 20.1 Å². The molecule has 1 aliphatic carbocycles. The fraction of sp³-hybridized carbons (Fsp3) is 0.500. The van der Waals surface area contributed by atoms with Gasteiger partial charge in [-0.15, -0.1) is 0 Å². The number of anilines is 1. The van der Waals surface area contributed by atoms with Crippen molar-refractivity contribution in [3.8, 4) is 22.9 Å². The number of nitrogens with zero attached hydrogens (tertiary/aromatic N) is 6. The van der Waals surface area contributed by atoms with Gasteiger partial charge in [0.2, 0.25) is 17.7 Å². The number of carbonyl (C=O) groups is 2. The van der Waals surface area contributed by atoms with Crippen molar-refractivity contribution < 1.29 is 19.4 Å². The highest BCUT2D eigenvalue weighted by Crippen LogP contribution is 2.46. The van der Waals surface area contributed by atoms with Crippen LogP contribution in [0.5, 0.6) is 11.6 Å². The van der Waals surface area contributed by atoms with E-state index < -0.39 is 5.97 Å². The number of hydrogen-bond donors (Lipinski definition) is 2. The Hall–Kier alpha value is -3.51. The van der Waals surface area contributed by atoms with Gasteiger partial charge in [0.05, 0.1) is 24.0 Å². The van der Waals surface area contributed by atoms with E-state index in [2.05, 4.69) is 36.1 Å². The normalized spacial score (nSPS) is 22.2. The quantitative estimate of drug-likeness (QED) is 0.279. The van der Waals surface area contributed by atoms with Gasteiger partial charge in [-0.2, -0.15) is 0 Å². The molecule has 0 bridgehead atoms. The van der Waals surface area contributed by atoms with E-state index in [-0.39, 0.29) is 11.8 Å². The summed E-state index contributed by atoms with van der Waals surface area (Å²) in [6, 6.07) is 9.72. The number of benzene rings is 1. The van der Waals surface area contributed by atoms with E-state index in [0.29, 0.717) is 57.6 Å². The predicted molar refractivity (Wildman–Crippen MR) is 181 cm³/mol. The zero-order valence-corrected chi connectivity index (χ0v) is 28.3. The molecule has 4 heterocycles. The Labute approximate surface area is 285 Å². The minimum Gasteiger partial charge on any atom is -0.481 e. The van der Waals surface area contributed by atoms with Crippen LogP contribution in [0.2, 0.25) is 10.0 Å². The molecule has 0 radical (unpaired) electrons. The number of pyridine rings is 1. The van der Waals surface area contributed by atoms with Gasteiger partial charge in [-0.1, -0.05) is 30.1 Å². The number of hydrogen-bond acceptors (Lipinski definition) is 9. The Balaban J connectivity index is 1.12. The number of halogens is 2. The van der Waals surface area contributed by atoms with E-state index >= 15 is 0 Å². The van der Waals surface area contributed by atoms with Crippen molar-refractivity contribution in [2.75, 3.05) is 50.7 Å². The zero-order valence-electron chi connectivity index (χ0n) is 26.7. The third-order valence-electron chi connectivity index (χ3n) is 9.48. The van der Waals surface area contributed by atoms with Crippen LogP contribution in [0, 0.1) is 17.8 Å². The summed E-state index contributed by atoms with van der Waals surface area (Å²) >= 11 is 12.7. The molecule has 1 amide bonds. The summed E-state index contributed by atoms with van der Waals surface area (Å²) in [4.78, 5) is 43.5. The van der Waals surface area contributed by atoms with Gasteiger partial charge in [-0.25, -0.2) is 15.0 Å². The fourth-order valence-corrected chi connectivity index (χ4v) is 7.27. The van der Waals surface area contributed by atoms with Crippen molar-refractivity contribution in [1.29, 1.82) is 0 Å². The molecule has 3 fully saturated rings. The number of carbonyl (C=O) groups excluding carboxylic acids is 1. The van der Waals surface area contributed by atoms with Crippen LogP contribution in [0.25, 0.3) is 11.3 Å². The second kappa shape index (κ2) is 14.7. The second-order valence-corrected chi connectivity index (χ2v) is 13.8. The number of carboxylic acids is 1. The third kappa shape index (κ3) is 8.70. The number of aromatic nitrogens is 3. The largest absolute Gasteiger partial charge is 0.481 e. The molecule has 11 nitrogen and oxygen atoms in total. The molecule has 2 N–H and O–H groups in total. The number of carboxylic acid groups (broad SMARTS) is 1. The first-order valence-corrected chi connectivity index (χ1v) is 17.0. The maximum absolute atomic E-state index is 11.6. The van der Waals surface area contributed by atoms with Crippen LogP contribution in [-0.2, 0) is 16.1 Å². The first-order chi connectivity index (χ1) is 22.6. The zero-order chi connectivity index (χ0) is 33.1. The average molecular weight is 683 g/mol. The number of nitrogens with one attached hydrogen (secondary N) is 1. The number of aliphatic carboxylic acids is 1. The lowest BCUT2D eigenvalue weighted by atomic mass is 10.1. The Kier molecular flexibility index (Phi) is 10.5. The van der Waals surface area contributed by atoms with Gasteiger partial charge in [-0.05, 0) is 80.6 Å². The van der Waals surface area contributed by atoms with Crippen LogP contribution >= 0.6 is 23.2 Å². The number of likely N-dealkylation sites (tertiary alicyclic amines) is 1. The number of ether oxygens (including phenoxy) is 1. The van der Waals surface area contributed by atoms with Gasteiger partial charge in [-0.3, -0.25) is 19.4 Å². The van der Waals surface area contributed by atoms with Gasteiger partial charge in [0.1, 0.15) is 0 Å². The highest BCUT2D eigenvalue weighted by atomic mass is 35.5. The summed E-state index contributed by atoms with van der Waals surface area (Å²) in [5.74, 6) is 1.62. The van der Waals surface area contributed by atoms with Crippen molar-refractivity contribution >= 4 is 41.0 Å². The van der Waals surface area contributed by atoms with Crippen molar-refractivity contribution in [1.82, 2.24) is 30.1 Å². The fourth-order valence-electron chi connectivity index (χ4n) is 6.74. The molecular weight excluding hydrogens is 641 g/mol. The monoisotopic (exact) mass is 681 g/mol. The minimum absolute atomic E-state index is 0.0530. The van der Waals surface area contributed by atoms with E-state index in [4.69, 9.17) is 38.0 Å². The summed E-state index contributed by atoms with van der Waals surface area (Å²) in [5, 5.41) is 13.3. The molecule has 4 atom stereocenters. The summed E-state index contributed by atoms with van der Waals surface area (Å²) in [7, 11) is 0. The highest BCUT2D eigenvalue weighted by Gasteiger charge is 2.50. The molecule has 3 aliphatic rings. The molecule has 2 aliphatic heterocycles. The third-order valence-corrected chi connectivity index (χ3v) is 9.91. The van der Waals surface area contributed by atoms with Crippen molar-refractivity contribution in [2.24, 2.45) is 17.8 Å². The molecule has 1 unspecified atom stereocenters. The van der Waals surface area contributed by atoms with Crippen LogP contribution in [-0.4, -0.2) is 93.6 Å². The first-order valence-electron chi connectivity index (χ1n) is 16.3. The van der Waals surface area contributed by atoms with E-state index in [1.54, 1.807) is 32.3 Å². The van der Waals surface area contributed by atoms with Crippen molar-refractivity contribution in [3.05, 3.63) is 58.3 Å². The van der Waals surface area contributed by atoms with Gasteiger partial charge >= 0.3 is 5.97 Å². The standard InChI is InChI=1S/C34H41Cl2N7O4/c1-21(33(45)46)3-6-41-9-11-43(12-10-41)34-37-18-27(19-38-34)47-31-14-23(13-30(40-31)24-15-25(35)17-26(36)16-24)20-42-7-4-28-29(5-8-42)32(28)39-22(2)44/h13-19,21,28-29,32H,3-12,20H2,1-2H3,(H,39,44)(H,45,46)/t21?,28-,29+,32-. The van der Waals surface area contributed by atoms with Gasteiger partial charge in [0.25, 0.3) is 0 Å². The number of amides is 1. The molecule has 3 aromatic rings. The van der Waals surface area contributed by atoms with Gasteiger partial charge in [0.15, 0.2) is 5.75 Å². The van der Waals surface area contributed by atoms with E-state index in [1.807, 2.05) is 18.2 Å². The lowest BCUT2D eigenvalue weighted by Crippen LogP contribution is -2.47. The number of fused-ring (bicyclic) bond motifs is 1. The van der Waals surface area contributed by atoms with E-state index in [0.717, 1.165) is 76.3 Å². The van der Waals surface area contributed by atoms with Crippen LogP contribution in [0.1, 0.15) is 38.7 Å². The number of rotatable bonds is 11. The van der Waals surface area contributed by atoms with Crippen molar-refractivity contribution in [3.63, 3.8) is 0 Å². The molecule has 0 spiro atoms. The Morgan fingerprint density at radius 1 is 0.957 bits per heavy atom. The predicted octanol–water partition coefficient (Wildman–Crippen LogP) is 5.22. The Bertz CT molecular complexity index is 1550. The molecule has 13 heteroatoms. The van der Waals surface area contributed by atoms with E-state index in [1.165, 1.54) is 0 Å². The summed E-state index contributed by atoms with van der Waals surface area (Å²) in [5.41, 5.74) is 2.56. The maximum atomic E-state index is 11.6. The molecule has 1 aromatic carbocycles. The molecular formula is C34H41Cl2N7O4. The summed E-state index contributed by atoms with van der Waals surface area (Å²) in [6.45, 7) is 9.95. The summed E-state index contributed by atoms with van der Waals surface area (Å²) in [6.07, 6.45) is 6.09. The summed E-state index contributed by atoms with van der Waals surface area (Å²) < 4.78 is 6.23. The second-order valence-electron chi connectivity index (χ2n) is 12.9. The molecule has 47 heavy (non-hydrogen) atoms. The SMILES string of the molecule is CC(=O)N[C@@H]1[C@@H]2CCN(Cc3cc(Oc4cnc(N5CCN(CCC(C)C(=O)O)CC5)nc4)nc(-c4cc(Cl)cc(Cl)c4)c3)CC[C@@H]21. The smallest absolute Gasteiger partial charge is 0.306 e. The number of piperazine rings is 1. The van der Waals surface area contributed by atoms with Gasteiger partial charge in [0, 0.05) is 67.4 Å². The molecule has 2 saturated heterocycles. The van der Waals surface area contributed by atoms with Crippen LogP contribution in [0.15, 0.2) is 42.7 Å². The minimum atomic E-state index is -0.751. The Morgan fingerprint density at radius 3 is 2.23 bits per heavy atom. The average Bonchev–Trinajstić information content (AvgIpc) is 3.74. The Morgan fingerprint density at radius 2 is 1.62 bits per heavy atom. The lowest BCUT2D eigenvalue weighted by molar-refractivity contribution is -0.141. The lowest BCUT2D eigenvalue weighted by Gasteiger charge is -2.34. The van der Waals surface area contributed by atoms with Crippen LogP contribution in [0.3, 0.4) is 0 Å². The molecule has 6 rings (SSSR count). The molecule has 2 aromatic heterocycles. The van der Waals surface area contributed by atoms with Crippen LogP contribution < -0.4 is 15.0 Å². The maximum Gasteiger partial charge on any atom is 0.306 e. The van der Waals surface area contributed by atoms with Crippen molar-refractivity contribution in [2.45, 2.75) is 45.7 Å². The first kappa shape index (κ1) is 33.4.